The van der Waals surface area contributed by atoms with E-state index in [-0.39, 0.29) is 29.4 Å². The van der Waals surface area contributed by atoms with Gasteiger partial charge in [-0.05, 0) is 61.0 Å². The predicted molar refractivity (Wildman–Crippen MR) is 106 cm³/mol. The highest BCUT2D eigenvalue weighted by Crippen LogP contribution is 2.12. The van der Waals surface area contributed by atoms with Crippen LogP contribution in [0.1, 0.15) is 43.7 Å². The smallest absolute Gasteiger partial charge is 0.270 e. The van der Waals surface area contributed by atoms with E-state index in [9.17, 15) is 18.8 Å². The average molecular weight is 391 g/mol. The highest BCUT2D eigenvalue weighted by molar-refractivity contribution is 6.06. The zero-order chi connectivity index (χ0) is 20.8. The van der Waals surface area contributed by atoms with Crippen LogP contribution in [0.25, 0.3) is 0 Å². The van der Waals surface area contributed by atoms with Crippen molar-refractivity contribution < 1.29 is 18.8 Å². The lowest BCUT2D eigenvalue weighted by Crippen LogP contribution is -2.24. The number of Topliss-reactive ketones (excluding diaryl/α,β-unsaturated/α-hetero) is 1. The number of nitrogens with one attached hydrogen (secondary N) is 2. The van der Waals surface area contributed by atoms with Crippen LogP contribution in [0.5, 0.6) is 0 Å². The number of rotatable bonds is 6. The van der Waals surface area contributed by atoms with E-state index in [0.29, 0.717) is 11.3 Å². The molecule has 6 nitrogen and oxygen atoms in total. The third-order valence-corrected chi connectivity index (χ3v) is 4.17. The summed E-state index contributed by atoms with van der Waals surface area (Å²) >= 11 is 0. The molecule has 0 unspecified atom stereocenters. The first kappa shape index (κ1) is 19.9. The normalized spacial score (nSPS) is 10.3. The summed E-state index contributed by atoms with van der Waals surface area (Å²) < 4.78 is 12.9. The van der Waals surface area contributed by atoms with Gasteiger partial charge in [0.1, 0.15) is 11.5 Å². The summed E-state index contributed by atoms with van der Waals surface area (Å²) in [7, 11) is 0. The third-order valence-electron chi connectivity index (χ3n) is 4.17. The van der Waals surface area contributed by atoms with Crippen LogP contribution in [0.4, 0.5) is 10.1 Å². The average Bonchev–Trinajstić information content (AvgIpc) is 2.73. The molecular formula is C22H18FN3O3. The van der Waals surface area contributed by atoms with Gasteiger partial charge in [0.05, 0.1) is 0 Å². The molecule has 0 saturated heterocycles. The minimum atomic E-state index is -0.449. The van der Waals surface area contributed by atoms with Crippen LogP contribution in [-0.4, -0.2) is 22.6 Å². The zero-order valence-corrected chi connectivity index (χ0v) is 15.6. The molecule has 146 valence electrons. The van der Waals surface area contributed by atoms with Gasteiger partial charge in [-0.3, -0.25) is 19.4 Å². The van der Waals surface area contributed by atoms with E-state index < -0.39 is 11.8 Å². The lowest BCUT2D eigenvalue weighted by molar-refractivity contribution is 0.0945. The number of anilines is 1. The Bertz CT molecular complexity index is 1050. The van der Waals surface area contributed by atoms with Crippen molar-refractivity contribution in [1.82, 2.24) is 10.3 Å². The van der Waals surface area contributed by atoms with E-state index in [2.05, 4.69) is 15.6 Å². The molecule has 2 N–H and O–H groups in total. The van der Waals surface area contributed by atoms with Crippen LogP contribution in [0.3, 0.4) is 0 Å². The van der Waals surface area contributed by atoms with Crippen molar-refractivity contribution in [2.45, 2.75) is 13.5 Å². The number of carbonyl (C=O) groups is 3. The summed E-state index contributed by atoms with van der Waals surface area (Å²) in [6, 6.07) is 15.2. The molecule has 0 radical (unpaired) electrons. The number of halogens is 1. The molecule has 0 bridgehead atoms. The van der Waals surface area contributed by atoms with Gasteiger partial charge in [0, 0.05) is 29.6 Å². The molecule has 2 aromatic carbocycles. The molecular weight excluding hydrogens is 373 g/mol. The molecule has 2 amide bonds. The molecule has 1 heterocycles. The summed E-state index contributed by atoms with van der Waals surface area (Å²) in [6.45, 7) is 1.67. The van der Waals surface area contributed by atoms with Crippen molar-refractivity contribution >= 4 is 23.3 Å². The Labute approximate surface area is 166 Å². The summed E-state index contributed by atoms with van der Waals surface area (Å²) in [5.41, 5.74) is 2.17. The van der Waals surface area contributed by atoms with Gasteiger partial charge in [-0.1, -0.05) is 12.1 Å². The monoisotopic (exact) mass is 391 g/mol. The number of hydrogen-bond acceptors (Lipinski definition) is 4. The van der Waals surface area contributed by atoms with Gasteiger partial charge in [-0.15, -0.1) is 0 Å². The Balaban J connectivity index is 1.64. The van der Waals surface area contributed by atoms with Crippen molar-refractivity contribution in [3.05, 3.63) is 95.1 Å². The molecule has 7 heteroatoms. The molecule has 3 rings (SSSR count). The van der Waals surface area contributed by atoms with Crippen LogP contribution < -0.4 is 10.6 Å². The lowest BCUT2D eigenvalue weighted by Gasteiger charge is -2.08. The van der Waals surface area contributed by atoms with Gasteiger partial charge in [-0.2, -0.15) is 0 Å². The molecule has 0 aliphatic carbocycles. The van der Waals surface area contributed by atoms with Gasteiger partial charge >= 0.3 is 0 Å². The molecule has 0 aliphatic rings. The largest absolute Gasteiger partial charge is 0.347 e. The maximum absolute atomic E-state index is 12.9. The fraction of sp³-hybridized carbons (Fsp3) is 0.0909. The minimum absolute atomic E-state index is 0.0618. The van der Waals surface area contributed by atoms with Crippen molar-refractivity contribution in [2.24, 2.45) is 0 Å². The first-order valence-electron chi connectivity index (χ1n) is 8.83. The SMILES string of the molecule is CC(=O)c1ccc(NC(=O)c2ccnc(C(=O)NCc3ccc(F)cc3)c2)cc1. The number of amides is 2. The molecule has 0 fully saturated rings. The molecule has 0 aliphatic heterocycles. The minimum Gasteiger partial charge on any atom is -0.347 e. The van der Waals surface area contributed by atoms with Crippen LogP contribution in [-0.2, 0) is 6.54 Å². The van der Waals surface area contributed by atoms with Crippen molar-refractivity contribution in [3.8, 4) is 0 Å². The molecule has 29 heavy (non-hydrogen) atoms. The second-order valence-corrected chi connectivity index (χ2v) is 6.33. The van der Waals surface area contributed by atoms with E-state index in [1.165, 1.54) is 37.4 Å². The van der Waals surface area contributed by atoms with Crippen molar-refractivity contribution in [1.29, 1.82) is 0 Å². The van der Waals surface area contributed by atoms with E-state index in [1.807, 2.05) is 0 Å². The van der Waals surface area contributed by atoms with Crippen molar-refractivity contribution in [2.75, 3.05) is 5.32 Å². The topological polar surface area (TPSA) is 88.2 Å². The van der Waals surface area contributed by atoms with Gasteiger partial charge in [0.15, 0.2) is 5.78 Å². The Kier molecular flexibility index (Phi) is 6.09. The number of benzene rings is 2. The second-order valence-electron chi connectivity index (χ2n) is 6.33. The number of carbonyl (C=O) groups excluding carboxylic acids is 3. The summed E-state index contributed by atoms with van der Waals surface area (Å²) in [5, 5.41) is 5.39. The summed E-state index contributed by atoms with van der Waals surface area (Å²) in [4.78, 5) is 40.1. The number of aromatic nitrogens is 1. The molecule has 0 spiro atoms. The van der Waals surface area contributed by atoms with E-state index in [0.717, 1.165) is 5.56 Å². The van der Waals surface area contributed by atoms with E-state index >= 15 is 0 Å². The van der Waals surface area contributed by atoms with Crippen LogP contribution in [0, 0.1) is 5.82 Å². The fourth-order valence-electron chi connectivity index (χ4n) is 2.56. The first-order valence-corrected chi connectivity index (χ1v) is 8.83. The molecule has 0 atom stereocenters. The van der Waals surface area contributed by atoms with Gasteiger partial charge in [0.25, 0.3) is 11.8 Å². The van der Waals surface area contributed by atoms with Gasteiger partial charge in [-0.25, -0.2) is 4.39 Å². The summed E-state index contributed by atoms with van der Waals surface area (Å²) in [6.07, 6.45) is 1.38. The highest BCUT2D eigenvalue weighted by Gasteiger charge is 2.12. The zero-order valence-electron chi connectivity index (χ0n) is 15.6. The van der Waals surface area contributed by atoms with Crippen LogP contribution in [0.15, 0.2) is 66.9 Å². The van der Waals surface area contributed by atoms with Gasteiger partial charge in [0.2, 0.25) is 0 Å². The van der Waals surface area contributed by atoms with Crippen molar-refractivity contribution in [3.63, 3.8) is 0 Å². The fourth-order valence-corrected chi connectivity index (χ4v) is 2.56. The summed E-state index contributed by atoms with van der Waals surface area (Å²) in [5.74, 6) is -1.27. The third kappa shape index (κ3) is 5.32. The van der Waals surface area contributed by atoms with E-state index in [4.69, 9.17) is 0 Å². The first-order chi connectivity index (χ1) is 13.9. The molecule has 3 aromatic rings. The van der Waals surface area contributed by atoms with Crippen LogP contribution >= 0.6 is 0 Å². The predicted octanol–water partition coefficient (Wildman–Crippen LogP) is 3.61. The Morgan fingerprint density at radius 3 is 2.24 bits per heavy atom. The Morgan fingerprint density at radius 1 is 0.897 bits per heavy atom. The standard InChI is InChI=1S/C22H18FN3O3/c1-14(27)16-4-8-19(9-5-16)26-21(28)17-10-11-24-20(12-17)22(29)25-13-15-2-6-18(23)7-3-15/h2-12H,13H2,1H3,(H,25,29)(H,26,28). The Hall–Kier alpha value is -3.87. The second kappa shape index (κ2) is 8.88. The Morgan fingerprint density at radius 2 is 1.59 bits per heavy atom. The number of pyridine rings is 1. The van der Waals surface area contributed by atoms with E-state index in [1.54, 1.807) is 36.4 Å². The van der Waals surface area contributed by atoms with Crippen LogP contribution in [0.2, 0.25) is 0 Å². The van der Waals surface area contributed by atoms with Gasteiger partial charge < -0.3 is 10.6 Å². The number of ketones is 1. The number of nitrogens with zero attached hydrogens (tertiary/aromatic N) is 1. The lowest BCUT2D eigenvalue weighted by atomic mass is 10.1. The quantitative estimate of drug-likeness (QED) is 0.629. The maximum Gasteiger partial charge on any atom is 0.270 e. The molecule has 0 saturated carbocycles. The maximum atomic E-state index is 12.9. The highest BCUT2D eigenvalue weighted by atomic mass is 19.1. The molecule has 1 aromatic heterocycles. The number of hydrogen-bond donors (Lipinski definition) is 2.